The molecule has 0 saturated carbocycles. The molecule has 2 bridgehead atoms. The molecule has 1 fully saturated rings. The Morgan fingerprint density at radius 3 is 2.65 bits per heavy atom. The number of nitrogens with two attached hydrogens (primary N) is 2. The number of carbonyl (C=O) groups is 3. The average molecular weight is 640 g/mol. The molecule has 6 atom stereocenters. The third-order valence-corrected chi connectivity index (χ3v) is 10.6. The van der Waals surface area contributed by atoms with Crippen LogP contribution in [0.2, 0.25) is 0 Å². The van der Waals surface area contributed by atoms with E-state index in [2.05, 4.69) is 45.9 Å². The molecule has 7 N–H and O–H groups in total. The van der Waals surface area contributed by atoms with Gasteiger partial charge in [-0.1, -0.05) is 13.0 Å². The number of guanidine groups is 1. The van der Waals surface area contributed by atoms with Gasteiger partial charge in [0.25, 0.3) is 0 Å². The topological polar surface area (TPSA) is 183 Å². The van der Waals surface area contributed by atoms with Crippen molar-refractivity contribution in [1.82, 2.24) is 20.9 Å². The molecule has 46 heavy (non-hydrogen) atoms. The zero-order valence-corrected chi connectivity index (χ0v) is 28.0. The standard InChI is InChI=1S/C33H49N7O6/c1-18(38-28(42)20(36-5)9-8-15-37-30(34)35)27(41)39-31(2,3)29(43)45-22-12-13-32(4)23-17-19-10-11-21(44-7)25-24(19)33(32,26(22)46-25)14-16-40(23)6/h10-12,18,20,23,26,36H,8-9,13-17H2,1-7H3,(H,38,42)(H,39,41)(H4,34,35,37)/t18?,20-,23+,26-,32-,33-/m0/s1. The lowest BCUT2D eigenvalue weighted by atomic mass is 9.45. The van der Waals surface area contributed by atoms with Crippen molar-refractivity contribution in [2.45, 2.75) is 95.0 Å². The van der Waals surface area contributed by atoms with Crippen LogP contribution in [-0.2, 0) is 31.0 Å². The van der Waals surface area contributed by atoms with E-state index in [-0.39, 0.29) is 22.7 Å². The Morgan fingerprint density at radius 1 is 1.24 bits per heavy atom. The van der Waals surface area contributed by atoms with Gasteiger partial charge in [0.05, 0.1) is 18.6 Å². The number of ether oxygens (including phenoxy) is 3. The zero-order valence-electron chi connectivity index (χ0n) is 28.0. The van der Waals surface area contributed by atoms with Crippen LogP contribution < -0.4 is 36.9 Å². The van der Waals surface area contributed by atoms with E-state index in [1.165, 1.54) is 11.1 Å². The highest BCUT2D eigenvalue weighted by molar-refractivity contribution is 5.93. The number of allylic oxidation sites excluding steroid dienone is 1. The molecule has 0 aromatic heterocycles. The van der Waals surface area contributed by atoms with E-state index in [9.17, 15) is 14.4 Å². The predicted molar refractivity (Wildman–Crippen MR) is 173 cm³/mol. The first-order valence-corrected chi connectivity index (χ1v) is 16.0. The van der Waals surface area contributed by atoms with Gasteiger partial charge in [0.1, 0.15) is 17.3 Å². The van der Waals surface area contributed by atoms with E-state index in [1.54, 1.807) is 34.9 Å². The van der Waals surface area contributed by atoms with E-state index in [4.69, 9.17) is 25.7 Å². The van der Waals surface area contributed by atoms with Crippen LogP contribution in [0.5, 0.6) is 11.5 Å². The van der Waals surface area contributed by atoms with Gasteiger partial charge in [-0.05, 0) is 91.2 Å². The summed E-state index contributed by atoms with van der Waals surface area (Å²) >= 11 is 0. The summed E-state index contributed by atoms with van der Waals surface area (Å²) < 4.78 is 18.6. The molecular formula is C33H49N7O6. The number of amides is 2. The van der Waals surface area contributed by atoms with E-state index in [1.807, 2.05) is 12.1 Å². The Bertz CT molecular complexity index is 1460. The van der Waals surface area contributed by atoms with E-state index >= 15 is 0 Å². The van der Waals surface area contributed by atoms with Crippen LogP contribution in [0, 0.1) is 5.41 Å². The quantitative estimate of drug-likeness (QED) is 0.0951. The number of likely N-dealkylation sites (tertiary alicyclic amines) is 1. The first-order valence-electron chi connectivity index (χ1n) is 16.0. The number of carbonyl (C=O) groups excluding carboxylic acids is 3. The largest absolute Gasteiger partial charge is 0.493 e. The molecule has 5 rings (SSSR count). The Morgan fingerprint density at radius 2 is 1.98 bits per heavy atom. The number of hydrogen-bond acceptors (Lipinski definition) is 9. The van der Waals surface area contributed by atoms with E-state index < -0.39 is 35.6 Å². The van der Waals surface area contributed by atoms with Crippen molar-refractivity contribution < 1.29 is 28.6 Å². The molecule has 4 aliphatic rings. The second-order valence-electron chi connectivity index (χ2n) is 13.8. The Hall–Kier alpha value is -3.84. The zero-order chi connectivity index (χ0) is 33.6. The van der Waals surface area contributed by atoms with Crippen LogP contribution in [0.25, 0.3) is 0 Å². The molecule has 2 amide bonds. The third kappa shape index (κ3) is 5.46. The minimum absolute atomic E-state index is 0.00508. The summed E-state index contributed by atoms with van der Waals surface area (Å²) in [4.78, 5) is 46.1. The van der Waals surface area contributed by atoms with Crippen LogP contribution in [0.1, 0.15) is 64.5 Å². The smallest absolute Gasteiger partial charge is 0.336 e. The van der Waals surface area contributed by atoms with Crippen LogP contribution in [0.4, 0.5) is 0 Å². The fraction of sp³-hybridized carbons (Fsp3) is 0.636. The molecule has 2 heterocycles. The number of methoxy groups -OCH3 is 1. The fourth-order valence-electron chi connectivity index (χ4n) is 8.02. The maximum Gasteiger partial charge on any atom is 0.336 e. The third-order valence-electron chi connectivity index (χ3n) is 10.6. The first-order chi connectivity index (χ1) is 21.7. The van der Waals surface area contributed by atoms with Gasteiger partial charge in [0.15, 0.2) is 23.6 Å². The number of piperidine rings is 1. The van der Waals surface area contributed by atoms with Crippen molar-refractivity contribution >= 4 is 23.7 Å². The molecule has 2 aliphatic carbocycles. The summed E-state index contributed by atoms with van der Waals surface area (Å²) in [5, 5.41) is 8.44. The van der Waals surface area contributed by atoms with E-state index in [0.29, 0.717) is 36.9 Å². The number of likely N-dealkylation sites (N-methyl/N-ethyl adjacent to an activating group) is 2. The second kappa shape index (κ2) is 12.4. The Kier molecular flexibility index (Phi) is 9.04. The number of nitrogens with one attached hydrogen (secondary N) is 3. The number of aliphatic imine (C=N–C) groups is 1. The van der Waals surface area contributed by atoms with Crippen LogP contribution in [-0.4, -0.2) is 92.7 Å². The summed E-state index contributed by atoms with van der Waals surface area (Å²) in [6, 6.07) is 2.96. The summed E-state index contributed by atoms with van der Waals surface area (Å²) in [6.07, 6.45) is 5.01. The van der Waals surface area contributed by atoms with Gasteiger partial charge in [-0.25, -0.2) is 4.79 Å². The van der Waals surface area contributed by atoms with Crippen molar-refractivity contribution in [3.63, 3.8) is 0 Å². The molecule has 1 unspecified atom stereocenters. The highest BCUT2D eigenvalue weighted by atomic mass is 16.6. The van der Waals surface area contributed by atoms with Gasteiger partial charge >= 0.3 is 5.97 Å². The summed E-state index contributed by atoms with van der Waals surface area (Å²) in [6.45, 7) is 8.36. The van der Waals surface area contributed by atoms with Crippen LogP contribution >= 0.6 is 0 Å². The van der Waals surface area contributed by atoms with Crippen LogP contribution in [0.3, 0.4) is 0 Å². The van der Waals surface area contributed by atoms with Gasteiger partial charge in [0.2, 0.25) is 11.8 Å². The van der Waals surface area contributed by atoms with Gasteiger partial charge in [-0.15, -0.1) is 0 Å². The minimum Gasteiger partial charge on any atom is -0.493 e. The number of nitrogens with zero attached hydrogens (tertiary/aromatic N) is 2. The Labute approximate surface area is 270 Å². The first kappa shape index (κ1) is 33.5. The number of benzene rings is 1. The number of hydrogen-bond donors (Lipinski definition) is 5. The number of esters is 1. The van der Waals surface area contributed by atoms with Gasteiger partial charge < -0.3 is 46.5 Å². The SMILES string of the molecule is CN[C@@H](CCCN=C(N)N)C(=O)NC(C)C(=O)NC(C)(C)C(=O)OC1=CC[C@@]2(C)[C@H]3Cc4ccc(OC)c5c4[C@@]2(CCN3C)[C@H]1O5. The maximum atomic E-state index is 13.7. The minimum atomic E-state index is -1.39. The van der Waals surface area contributed by atoms with Crippen molar-refractivity contribution in [2.24, 2.45) is 21.9 Å². The molecule has 0 radical (unpaired) electrons. The normalized spacial score (nSPS) is 27.2. The second-order valence-corrected chi connectivity index (χ2v) is 13.8. The molecule has 1 aromatic carbocycles. The molecule has 1 aromatic rings. The highest BCUT2D eigenvalue weighted by Crippen LogP contribution is 2.68. The lowest BCUT2D eigenvalue weighted by Crippen LogP contribution is -2.69. The lowest BCUT2D eigenvalue weighted by Gasteiger charge is -2.63. The van der Waals surface area contributed by atoms with Gasteiger partial charge in [-0.2, -0.15) is 0 Å². The van der Waals surface area contributed by atoms with Gasteiger partial charge in [-0.3, -0.25) is 14.6 Å². The maximum absolute atomic E-state index is 13.7. The summed E-state index contributed by atoms with van der Waals surface area (Å²) in [5.41, 5.74) is 11.2. The lowest BCUT2D eigenvalue weighted by molar-refractivity contribution is -0.153. The summed E-state index contributed by atoms with van der Waals surface area (Å²) in [7, 11) is 5.49. The molecule has 1 spiro atoms. The molecular weight excluding hydrogens is 590 g/mol. The molecule has 13 heteroatoms. The fourth-order valence-corrected chi connectivity index (χ4v) is 8.02. The monoisotopic (exact) mass is 639 g/mol. The molecule has 2 aliphatic heterocycles. The Balaban J connectivity index is 1.29. The summed E-state index contributed by atoms with van der Waals surface area (Å²) in [5.74, 6) is 0.376. The molecule has 1 saturated heterocycles. The predicted octanol–water partition coefficient (Wildman–Crippen LogP) is 0.832. The molecule has 13 nitrogen and oxygen atoms in total. The van der Waals surface area contributed by atoms with Gasteiger partial charge in [0, 0.05) is 23.6 Å². The van der Waals surface area contributed by atoms with Crippen molar-refractivity contribution in [3.8, 4) is 11.5 Å². The highest BCUT2D eigenvalue weighted by Gasteiger charge is 2.70. The van der Waals surface area contributed by atoms with Crippen molar-refractivity contribution in [1.29, 1.82) is 0 Å². The van der Waals surface area contributed by atoms with Crippen molar-refractivity contribution in [2.75, 3.05) is 34.3 Å². The molecule has 252 valence electrons. The number of rotatable bonds is 12. The average Bonchev–Trinajstić information content (AvgIpc) is 3.35. The van der Waals surface area contributed by atoms with Crippen LogP contribution in [0.15, 0.2) is 29.0 Å². The van der Waals surface area contributed by atoms with Crippen molar-refractivity contribution in [3.05, 3.63) is 35.1 Å². The van der Waals surface area contributed by atoms with E-state index in [0.717, 1.165) is 31.6 Å².